The Labute approximate surface area is 104 Å². The lowest BCUT2D eigenvalue weighted by Gasteiger charge is -2.05. The molecular weight excluding hydrogens is 228 g/mol. The standard InChI is InChI=1S/C14H8N2S/c15-9-12(10-16)14(13-7-4-8-17-13)11-5-2-1-3-6-11/h1-8H. The first-order valence-corrected chi connectivity index (χ1v) is 5.88. The highest BCUT2D eigenvalue weighted by molar-refractivity contribution is 7.11. The van der Waals surface area contributed by atoms with Crippen molar-refractivity contribution >= 4 is 16.9 Å². The maximum atomic E-state index is 9.03. The molecule has 0 spiro atoms. The van der Waals surface area contributed by atoms with Crippen LogP contribution in [0.1, 0.15) is 10.4 Å². The Kier molecular flexibility index (Phi) is 3.35. The second-order valence-electron chi connectivity index (χ2n) is 3.32. The molecule has 0 aliphatic rings. The first-order chi connectivity index (χ1) is 8.36. The Morgan fingerprint density at radius 1 is 0.941 bits per heavy atom. The molecule has 0 radical (unpaired) electrons. The summed E-state index contributed by atoms with van der Waals surface area (Å²) in [6.45, 7) is 0. The predicted octanol–water partition coefficient (Wildman–Crippen LogP) is 3.60. The zero-order valence-corrected chi connectivity index (χ0v) is 9.74. The summed E-state index contributed by atoms with van der Waals surface area (Å²) in [5.41, 5.74) is 1.76. The van der Waals surface area contributed by atoms with Gasteiger partial charge in [-0.1, -0.05) is 36.4 Å². The van der Waals surface area contributed by atoms with Crippen LogP contribution in [0, 0.1) is 22.7 Å². The number of thiophene rings is 1. The molecule has 0 aliphatic heterocycles. The van der Waals surface area contributed by atoms with E-state index in [0.29, 0.717) is 5.57 Å². The minimum absolute atomic E-state index is 0.152. The molecule has 1 aromatic carbocycles. The van der Waals surface area contributed by atoms with Gasteiger partial charge in [0.1, 0.15) is 17.7 Å². The van der Waals surface area contributed by atoms with Gasteiger partial charge in [-0.3, -0.25) is 0 Å². The average molecular weight is 236 g/mol. The van der Waals surface area contributed by atoms with Crippen molar-refractivity contribution in [2.75, 3.05) is 0 Å². The van der Waals surface area contributed by atoms with Gasteiger partial charge in [-0.25, -0.2) is 0 Å². The minimum atomic E-state index is 0.152. The van der Waals surface area contributed by atoms with Gasteiger partial charge in [-0.2, -0.15) is 10.5 Å². The van der Waals surface area contributed by atoms with Crippen molar-refractivity contribution in [2.45, 2.75) is 0 Å². The molecule has 2 aromatic rings. The molecule has 1 heterocycles. The molecule has 0 N–H and O–H groups in total. The van der Waals surface area contributed by atoms with Crippen molar-refractivity contribution in [1.29, 1.82) is 10.5 Å². The molecule has 0 saturated heterocycles. The quantitative estimate of drug-likeness (QED) is 0.748. The van der Waals surface area contributed by atoms with Crippen molar-refractivity contribution in [2.24, 2.45) is 0 Å². The Morgan fingerprint density at radius 2 is 1.65 bits per heavy atom. The van der Waals surface area contributed by atoms with Crippen molar-refractivity contribution in [3.05, 3.63) is 63.9 Å². The molecule has 0 amide bonds. The summed E-state index contributed by atoms with van der Waals surface area (Å²) in [7, 11) is 0. The van der Waals surface area contributed by atoms with Gasteiger partial charge in [0.05, 0.1) is 0 Å². The second kappa shape index (κ2) is 5.12. The van der Waals surface area contributed by atoms with Crippen LogP contribution in [0.5, 0.6) is 0 Å². The molecule has 0 fully saturated rings. The van der Waals surface area contributed by atoms with Crippen molar-refractivity contribution in [3.8, 4) is 12.1 Å². The minimum Gasteiger partial charge on any atom is -0.192 e. The fourth-order valence-electron chi connectivity index (χ4n) is 1.57. The SMILES string of the molecule is N#CC(C#N)=C(c1ccccc1)c1cccs1. The number of benzene rings is 1. The Hall–Kier alpha value is -2.36. The predicted molar refractivity (Wildman–Crippen MR) is 68.0 cm³/mol. The van der Waals surface area contributed by atoms with Crippen LogP contribution in [0.4, 0.5) is 0 Å². The fourth-order valence-corrected chi connectivity index (χ4v) is 2.37. The molecule has 0 saturated carbocycles. The molecule has 2 rings (SSSR count). The number of nitrogens with zero attached hydrogens (tertiary/aromatic N) is 2. The molecular formula is C14H8N2S. The van der Waals surface area contributed by atoms with Crippen LogP contribution in [0.15, 0.2) is 53.4 Å². The van der Waals surface area contributed by atoms with E-state index in [0.717, 1.165) is 10.4 Å². The van der Waals surface area contributed by atoms with Crippen LogP contribution in [0.25, 0.3) is 5.57 Å². The largest absolute Gasteiger partial charge is 0.192 e. The maximum absolute atomic E-state index is 9.03. The van der Waals surface area contributed by atoms with Gasteiger partial charge in [-0.05, 0) is 17.0 Å². The maximum Gasteiger partial charge on any atom is 0.138 e. The summed E-state index contributed by atoms with van der Waals surface area (Å²) in [6, 6.07) is 17.3. The molecule has 2 nitrogen and oxygen atoms in total. The summed E-state index contributed by atoms with van der Waals surface area (Å²) in [5, 5.41) is 20.0. The van der Waals surface area contributed by atoms with Crippen molar-refractivity contribution in [1.82, 2.24) is 0 Å². The van der Waals surface area contributed by atoms with E-state index in [-0.39, 0.29) is 5.57 Å². The van der Waals surface area contributed by atoms with Gasteiger partial charge in [0.2, 0.25) is 0 Å². The number of allylic oxidation sites excluding steroid dienone is 1. The highest BCUT2D eigenvalue weighted by Crippen LogP contribution is 2.29. The fraction of sp³-hybridized carbons (Fsp3) is 0. The number of hydrogen-bond donors (Lipinski definition) is 0. The van der Waals surface area contributed by atoms with Gasteiger partial charge in [0.15, 0.2) is 0 Å². The number of rotatable bonds is 2. The monoisotopic (exact) mass is 236 g/mol. The topological polar surface area (TPSA) is 47.6 Å². The Balaban J connectivity index is 2.68. The van der Waals surface area contributed by atoms with Gasteiger partial charge >= 0.3 is 0 Å². The highest BCUT2D eigenvalue weighted by atomic mass is 32.1. The summed E-state index contributed by atoms with van der Waals surface area (Å²) in [5.74, 6) is 0. The first kappa shape index (κ1) is 11.1. The zero-order valence-electron chi connectivity index (χ0n) is 8.92. The summed E-state index contributed by atoms with van der Waals surface area (Å²) in [6.07, 6.45) is 0. The van der Waals surface area contributed by atoms with Crippen LogP contribution in [0.2, 0.25) is 0 Å². The molecule has 17 heavy (non-hydrogen) atoms. The highest BCUT2D eigenvalue weighted by Gasteiger charge is 2.12. The molecule has 0 bridgehead atoms. The third-order valence-corrected chi connectivity index (χ3v) is 3.19. The van der Waals surface area contributed by atoms with Crippen molar-refractivity contribution in [3.63, 3.8) is 0 Å². The van der Waals surface area contributed by atoms with E-state index in [9.17, 15) is 0 Å². The summed E-state index contributed by atoms with van der Waals surface area (Å²) < 4.78 is 0. The molecule has 0 unspecified atom stereocenters. The van der Waals surface area contributed by atoms with Gasteiger partial charge in [-0.15, -0.1) is 11.3 Å². The number of nitriles is 2. The Morgan fingerprint density at radius 3 is 2.18 bits per heavy atom. The average Bonchev–Trinajstić information content (AvgIpc) is 2.90. The molecule has 1 aromatic heterocycles. The lowest BCUT2D eigenvalue weighted by atomic mass is 10.00. The van der Waals surface area contributed by atoms with Crippen molar-refractivity contribution < 1.29 is 0 Å². The van der Waals surface area contributed by atoms with Crippen LogP contribution in [-0.2, 0) is 0 Å². The van der Waals surface area contributed by atoms with E-state index >= 15 is 0 Å². The summed E-state index contributed by atoms with van der Waals surface area (Å²) >= 11 is 1.52. The lowest BCUT2D eigenvalue weighted by molar-refractivity contribution is 1.45. The molecule has 0 aliphatic carbocycles. The second-order valence-corrected chi connectivity index (χ2v) is 4.26. The van der Waals surface area contributed by atoms with E-state index in [1.54, 1.807) is 0 Å². The van der Waals surface area contributed by atoms with Crippen LogP contribution in [-0.4, -0.2) is 0 Å². The summed E-state index contributed by atoms with van der Waals surface area (Å²) in [4.78, 5) is 0.939. The van der Waals surface area contributed by atoms with Crippen LogP contribution >= 0.6 is 11.3 Å². The lowest BCUT2D eigenvalue weighted by Crippen LogP contribution is -1.89. The first-order valence-electron chi connectivity index (χ1n) is 5.00. The molecule has 80 valence electrons. The van der Waals surface area contributed by atoms with E-state index in [4.69, 9.17) is 10.5 Å². The van der Waals surface area contributed by atoms with E-state index in [1.807, 2.05) is 60.0 Å². The third kappa shape index (κ3) is 2.25. The molecule has 3 heteroatoms. The van der Waals surface area contributed by atoms with Crippen LogP contribution < -0.4 is 0 Å². The van der Waals surface area contributed by atoms with Gasteiger partial charge in [0.25, 0.3) is 0 Å². The van der Waals surface area contributed by atoms with E-state index in [1.165, 1.54) is 11.3 Å². The van der Waals surface area contributed by atoms with Gasteiger partial charge < -0.3 is 0 Å². The zero-order chi connectivity index (χ0) is 12.1. The smallest absolute Gasteiger partial charge is 0.138 e. The van der Waals surface area contributed by atoms with Crippen LogP contribution in [0.3, 0.4) is 0 Å². The normalized spacial score (nSPS) is 9.06. The number of hydrogen-bond acceptors (Lipinski definition) is 3. The Bertz CT molecular complexity index is 594. The molecule has 0 atom stereocenters. The third-order valence-electron chi connectivity index (χ3n) is 2.30. The van der Waals surface area contributed by atoms with E-state index < -0.39 is 0 Å². The van der Waals surface area contributed by atoms with Gasteiger partial charge in [0, 0.05) is 10.5 Å². The van der Waals surface area contributed by atoms with E-state index in [2.05, 4.69) is 0 Å².